The summed E-state index contributed by atoms with van der Waals surface area (Å²) in [5.41, 5.74) is 0. The second kappa shape index (κ2) is 7.65. The van der Waals surface area contributed by atoms with Crippen LogP contribution >= 0.6 is 11.8 Å². The van der Waals surface area contributed by atoms with Crippen LogP contribution in [-0.4, -0.2) is 48.6 Å². The summed E-state index contributed by atoms with van der Waals surface area (Å²) >= 11 is 2.04. The number of nitrogens with zero attached hydrogens (tertiary/aromatic N) is 1. The van der Waals surface area contributed by atoms with Gasteiger partial charge in [0.2, 0.25) is 0 Å². The molecule has 1 aliphatic rings. The lowest BCUT2D eigenvalue weighted by molar-refractivity contribution is 0.341. The SMILES string of the molecule is CCC(CC)(CNC1CCCN(C)CC1)SC. The first-order valence-electron chi connectivity index (χ1n) is 7.13. The van der Waals surface area contributed by atoms with E-state index in [0.29, 0.717) is 4.75 Å². The molecule has 102 valence electrons. The molecule has 1 saturated heterocycles. The van der Waals surface area contributed by atoms with Gasteiger partial charge in [0.05, 0.1) is 0 Å². The lowest BCUT2D eigenvalue weighted by Crippen LogP contribution is -2.42. The smallest absolute Gasteiger partial charge is 0.0276 e. The van der Waals surface area contributed by atoms with Gasteiger partial charge >= 0.3 is 0 Å². The average molecular weight is 258 g/mol. The van der Waals surface area contributed by atoms with Gasteiger partial charge in [0.25, 0.3) is 0 Å². The molecule has 17 heavy (non-hydrogen) atoms. The Bertz CT molecular complexity index is 196. The molecule has 0 amide bonds. The molecule has 1 N–H and O–H groups in total. The van der Waals surface area contributed by atoms with Crippen LogP contribution in [0.4, 0.5) is 0 Å². The van der Waals surface area contributed by atoms with Gasteiger partial charge in [-0.3, -0.25) is 0 Å². The van der Waals surface area contributed by atoms with Crippen molar-refractivity contribution in [3.8, 4) is 0 Å². The Morgan fingerprint density at radius 3 is 2.53 bits per heavy atom. The molecule has 3 heteroatoms. The highest BCUT2D eigenvalue weighted by molar-refractivity contribution is 8.00. The van der Waals surface area contributed by atoms with E-state index in [1.165, 1.54) is 51.7 Å². The van der Waals surface area contributed by atoms with Crippen LogP contribution in [-0.2, 0) is 0 Å². The van der Waals surface area contributed by atoms with E-state index < -0.39 is 0 Å². The topological polar surface area (TPSA) is 15.3 Å². The van der Waals surface area contributed by atoms with Gasteiger partial charge in [0.15, 0.2) is 0 Å². The Balaban J connectivity index is 2.38. The van der Waals surface area contributed by atoms with E-state index >= 15 is 0 Å². The van der Waals surface area contributed by atoms with Gasteiger partial charge in [-0.2, -0.15) is 11.8 Å². The van der Waals surface area contributed by atoms with Crippen LogP contribution in [0.25, 0.3) is 0 Å². The van der Waals surface area contributed by atoms with Crippen molar-refractivity contribution >= 4 is 11.8 Å². The van der Waals surface area contributed by atoms with Crippen molar-refractivity contribution in [2.45, 2.75) is 56.7 Å². The Morgan fingerprint density at radius 1 is 1.24 bits per heavy atom. The number of hydrogen-bond acceptors (Lipinski definition) is 3. The van der Waals surface area contributed by atoms with Crippen molar-refractivity contribution in [2.24, 2.45) is 0 Å². The number of rotatable bonds is 6. The van der Waals surface area contributed by atoms with Crippen LogP contribution in [0.1, 0.15) is 46.0 Å². The summed E-state index contributed by atoms with van der Waals surface area (Å²) < 4.78 is 0.457. The predicted molar refractivity (Wildman–Crippen MR) is 80.0 cm³/mol. The Hall–Kier alpha value is 0.270. The molecule has 0 aromatic carbocycles. The fourth-order valence-corrected chi connectivity index (χ4v) is 3.44. The number of nitrogens with one attached hydrogen (secondary N) is 1. The number of hydrogen-bond donors (Lipinski definition) is 1. The zero-order valence-electron chi connectivity index (χ0n) is 12.1. The third-order valence-corrected chi connectivity index (χ3v) is 5.97. The van der Waals surface area contributed by atoms with Gasteiger partial charge in [-0.25, -0.2) is 0 Å². The van der Waals surface area contributed by atoms with Crippen molar-refractivity contribution in [2.75, 3.05) is 32.9 Å². The molecule has 0 saturated carbocycles. The van der Waals surface area contributed by atoms with Crippen molar-refractivity contribution in [1.82, 2.24) is 10.2 Å². The first kappa shape index (κ1) is 15.3. The second-order valence-electron chi connectivity index (χ2n) is 5.41. The van der Waals surface area contributed by atoms with Crippen LogP contribution in [0.3, 0.4) is 0 Å². The summed E-state index contributed by atoms with van der Waals surface area (Å²) in [5.74, 6) is 0. The predicted octanol–water partition coefficient (Wildman–Crippen LogP) is 2.98. The summed E-state index contributed by atoms with van der Waals surface area (Å²) in [5, 5.41) is 3.83. The molecule has 0 radical (unpaired) electrons. The standard InChI is InChI=1S/C14H30N2S/c1-5-14(6-2,17-4)12-15-13-8-7-10-16(3)11-9-13/h13,15H,5-12H2,1-4H3. The Labute approximate surface area is 112 Å². The number of thioether (sulfide) groups is 1. The van der Waals surface area contributed by atoms with Crippen LogP contribution in [0.5, 0.6) is 0 Å². The average Bonchev–Trinajstić information content (AvgIpc) is 2.57. The summed E-state index contributed by atoms with van der Waals surface area (Å²) in [6.45, 7) is 8.34. The van der Waals surface area contributed by atoms with Gasteiger partial charge in [0.1, 0.15) is 0 Å². The van der Waals surface area contributed by atoms with Crippen LogP contribution in [0, 0.1) is 0 Å². The maximum atomic E-state index is 3.83. The van der Waals surface area contributed by atoms with E-state index in [9.17, 15) is 0 Å². The highest BCUT2D eigenvalue weighted by Gasteiger charge is 2.26. The molecule has 1 atom stereocenters. The molecule has 1 heterocycles. The third kappa shape index (κ3) is 4.80. The summed E-state index contributed by atoms with van der Waals surface area (Å²) in [4.78, 5) is 2.46. The number of likely N-dealkylation sites (tertiary alicyclic amines) is 1. The molecule has 2 nitrogen and oxygen atoms in total. The lowest BCUT2D eigenvalue weighted by Gasteiger charge is -2.32. The van der Waals surface area contributed by atoms with Crippen molar-refractivity contribution in [1.29, 1.82) is 0 Å². The van der Waals surface area contributed by atoms with Gasteiger partial charge in [-0.05, 0) is 58.5 Å². The second-order valence-corrected chi connectivity index (χ2v) is 6.68. The maximum Gasteiger partial charge on any atom is 0.0276 e. The fraction of sp³-hybridized carbons (Fsp3) is 1.00. The largest absolute Gasteiger partial charge is 0.313 e. The molecule has 1 rings (SSSR count). The van der Waals surface area contributed by atoms with E-state index in [2.05, 4.69) is 37.4 Å². The molecular formula is C14H30N2S. The van der Waals surface area contributed by atoms with Gasteiger partial charge in [-0.15, -0.1) is 0 Å². The first-order valence-corrected chi connectivity index (χ1v) is 8.35. The van der Waals surface area contributed by atoms with E-state index in [4.69, 9.17) is 0 Å². The normalized spacial score (nSPS) is 23.6. The first-order chi connectivity index (χ1) is 8.15. The van der Waals surface area contributed by atoms with Crippen LogP contribution in [0.2, 0.25) is 0 Å². The minimum Gasteiger partial charge on any atom is -0.313 e. The van der Waals surface area contributed by atoms with E-state index in [-0.39, 0.29) is 0 Å². The van der Waals surface area contributed by atoms with Gasteiger partial charge < -0.3 is 10.2 Å². The zero-order valence-corrected chi connectivity index (χ0v) is 12.9. The van der Waals surface area contributed by atoms with Gasteiger partial charge in [-0.1, -0.05) is 13.8 Å². The molecule has 1 unspecified atom stereocenters. The van der Waals surface area contributed by atoms with Crippen molar-refractivity contribution < 1.29 is 0 Å². The zero-order chi connectivity index (χ0) is 12.7. The maximum absolute atomic E-state index is 3.83. The lowest BCUT2D eigenvalue weighted by atomic mass is 10.0. The summed E-state index contributed by atoms with van der Waals surface area (Å²) in [6.07, 6.45) is 8.80. The highest BCUT2D eigenvalue weighted by atomic mass is 32.2. The molecule has 1 aliphatic heterocycles. The van der Waals surface area contributed by atoms with Crippen molar-refractivity contribution in [3.63, 3.8) is 0 Å². The van der Waals surface area contributed by atoms with Gasteiger partial charge in [0, 0.05) is 17.3 Å². The Morgan fingerprint density at radius 2 is 1.94 bits per heavy atom. The minimum atomic E-state index is 0.457. The third-order valence-electron chi connectivity index (χ3n) is 4.39. The van der Waals surface area contributed by atoms with E-state index in [0.717, 1.165) is 6.04 Å². The van der Waals surface area contributed by atoms with Crippen molar-refractivity contribution in [3.05, 3.63) is 0 Å². The highest BCUT2D eigenvalue weighted by Crippen LogP contribution is 2.29. The fourth-order valence-electron chi connectivity index (χ4n) is 2.64. The molecule has 0 aromatic heterocycles. The van der Waals surface area contributed by atoms with Crippen LogP contribution < -0.4 is 5.32 Å². The minimum absolute atomic E-state index is 0.457. The molecular weight excluding hydrogens is 228 g/mol. The Kier molecular flexibility index (Phi) is 6.90. The molecule has 0 bridgehead atoms. The monoisotopic (exact) mass is 258 g/mol. The summed E-state index contributed by atoms with van der Waals surface area (Å²) in [7, 11) is 2.24. The molecule has 0 spiro atoms. The summed E-state index contributed by atoms with van der Waals surface area (Å²) in [6, 6.07) is 0.740. The van der Waals surface area contributed by atoms with Crippen LogP contribution in [0.15, 0.2) is 0 Å². The van der Waals surface area contributed by atoms with E-state index in [1.807, 2.05) is 11.8 Å². The molecule has 0 aromatic rings. The quantitative estimate of drug-likeness (QED) is 0.788. The molecule has 0 aliphatic carbocycles. The molecule has 1 fully saturated rings. The van der Waals surface area contributed by atoms with E-state index in [1.54, 1.807) is 0 Å².